The molecule has 0 bridgehead atoms. The van der Waals surface area contributed by atoms with Crippen LogP contribution < -0.4 is 10.6 Å². The fraction of sp³-hybridized carbons (Fsp3) is 0.391. The third kappa shape index (κ3) is 4.65. The Morgan fingerprint density at radius 2 is 2.12 bits per heavy atom. The normalized spacial score (nSPS) is 15.6. The fourth-order valence-corrected chi connectivity index (χ4v) is 3.42. The van der Waals surface area contributed by atoms with Gasteiger partial charge in [0.1, 0.15) is 12.2 Å². The van der Waals surface area contributed by atoms with Crippen LogP contribution in [0.4, 0.5) is 10.1 Å². The zero-order valence-corrected chi connectivity index (χ0v) is 18.3. The highest BCUT2D eigenvalue weighted by Crippen LogP contribution is 2.39. The Labute approximate surface area is 189 Å². The van der Waals surface area contributed by atoms with Crippen LogP contribution >= 0.6 is 0 Å². The Morgan fingerprint density at radius 3 is 2.76 bits per heavy atom. The molecule has 1 aliphatic rings. The summed E-state index contributed by atoms with van der Waals surface area (Å²) in [6.07, 6.45) is 2.70. The van der Waals surface area contributed by atoms with E-state index in [4.69, 9.17) is 5.26 Å². The van der Waals surface area contributed by atoms with Crippen molar-refractivity contribution >= 4 is 17.1 Å². The second-order valence-corrected chi connectivity index (χ2v) is 8.92. The van der Waals surface area contributed by atoms with Gasteiger partial charge in [0.15, 0.2) is 0 Å². The van der Waals surface area contributed by atoms with Crippen molar-refractivity contribution in [3.8, 4) is 17.5 Å². The zero-order chi connectivity index (χ0) is 23.8. The molecule has 0 aromatic carbocycles. The van der Waals surface area contributed by atoms with Crippen molar-refractivity contribution in [2.45, 2.75) is 44.0 Å². The smallest absolute Gasteiger partial charge is 0.255 e. The Hall–Kier alpha value is -3.55. The molecule has 1 fully saturated rings. The predicted octanol–water partition coefficient (Wildman–Crippen LogP) is 2.04. The van der Waals surface area contributed by atoms with Crippen LogP contribution in [0, 0.1) is 11.3 Å². The molecule has 0 saturated heterocycles. The number of halogens is 1. The van der Waals surface area contributed by atoms with Gasteiger partial charge in [0.2, 0.25) is 0 Å². The number of nitrogens with one attached hydrogen (secondary N) is 2. The Kier molecular flexibility index (Phi) is 5.78. The van der Waals surface area contributed by atoms with Crippen LogP contribution in [0.15, 0.2) is 36.7 Å². The highest BCUT2D eigenvalue weighted by Gasteiger charge is 2.42. The first-order valence-corrected chi connectivity index (χ1v) is 10.6. The second-order valence-electron chi connectivity index (χ2n) is 8.92. The van der Waals surface area contributed by atoms with Crippen molar-refractivity contribution in [2.24, 2.45) is 0 Å². The van der Waals surface area contributed by atoms with Crippen molar-refractivity contribution in [1.82, 2.24) is 19.9 Å². The van der Waals surface area contributed by atoms with E-state index in [1.165, 1.54) is 26.2 Å². The molecular formula is C23H25FN6O3. The molecule has 0 radical (unpaired) electrons. The molecule has 172 valence electrons. The highest BCUT2D eigenvalue weighted by atomic mass is 19.1. The van der Waals surface area contributed by atoms with Gasteiger partial charge in [-0.1, -0.05) is 0 Å². The van der Waals surface area contributed by atoms with Gasteiger partial charge in [-0.05, 0) is 51.0 Å². The van der Waals surface area contributed by atoms with Crippen LogP contribution in [0.5, 0.6) is 0 Å². The maximum atomic E-state index is 14.1. The molecule has 3 aromatic rings. The van der Waals surface area contributed by atoms with E-state index < -0.39 is 23.2 Å². The minimum atomic E-state index is -1.64. The number of nitrogens with zero attached hydrogens (tertiary/aromatic N) is 4. The summed E-state index contributed by atoms with van der Waals surface area (Å²) >= 11 is 0. The molecule has 1 amide bonds. The topological polar surface area (TPSA) is 136 Å². The maximum Gasteiger partial charge on any atom is 0.255 e. The number of nitriles is 1. The molecule has 10 heteroatoms. The van der Waals surface area contributed by atoms with Crippen LogP contribution in [0.25, 0.3) is 16.9 Å². The van der Waals surface area contributed by atoms with Gasteiger partial charge < -0.3 is 20.8 Å². The molecule has 3 heterocycles. The number of aliphatic hydroxyl groups is 2. The number of carbonyl (C=O) groups is 1. The summed E-state index contributed by atoms with van der Waals surface area (Å²) in [7, 11) is 0. The summed E-state index contributed by atoms with van der Waals surface area (Å²) in [6, 6.07) is 9.07. The molecule has 3 aromatic heterocycles. The minimum absolute atomic E-state index is 0.0937. The number of amides is 1. The number of rotatable bonds is 8. The lowest BCUT2D eigenvalue weighted by molar-refractivity contribution is -0.00177. The van der Waals surface area contributed by atoms with Crippen LogP contribution in [0.3, 0.4) is 0 Å². The third-order valence-electron chi connectivity index (χ3n) is 5.80. The van der Waals surface area contributed by atoms with Gasteiger partial charge in [-0.15, -0.1) is 0 Å². The number of aliphatic hydroxyl groups excluding tert-OH is 1. The van der Waals surface area contributed by atoms with Gasteiger partial charge in [-0.2, -0.15) is 10.4 Å². The standard InChI is InChI=1S/C23H25FN6O3/c1-22(2,33)20(24)12-27-21(32)16-11-26-18(8-17(16)29-23(13-31)5-6-23)19-4-3-15-7-14(9-25)10-28-30(15)19/h3-4,7-8,10-11,20,31,33H,5-6,12-13H2,1-2H3,(H,26,29)(H,27,32)/t20-/m1/s1. The first-order chi connectivity index (χ1) is 15.7. The van der Waals surface area contributed by atoms with Crippen LogP contribution in [-0.4, -0.2) is 61.2 Å². The summed E-state index contributed by atoms with van der Waals surface area (Å²) in [6.45, 7) is 2.22. The molecule has 4 N–H and O–H groups in total. The number of aromatic nitrogens is 3. The van der Waals surface area contributed by atoms with Crippen LogP contribution in [0.2, 0.25) is 0 Å². The van der Waals surface area contributed by atoms with E-state index in [0.29, 0.717) is 22.6 Å². The molecule has 0 spiro atoms. The molecule has 1 aliphatic carbocycles. The largest absolute Gasteiger partial charge is 0.394 e. The maximum absolute atomic E-state index is 14.1. The quantitative estimate of drug-likeness (QED) is 0.411. The monoisotopic (exact) mass is 452 g/mol. The second kappa shape index (κ2) is 8.42. The SMILES string of the molecule is CC(C)(O)[C@H](F)CNC(=O)c1cnc(-c2ccc3cc(C#N)cnn23)cc1NC1(CO)CC1. The van der Waals surface area contributed by atoms with Gasteiger partial charge in [0.25, 0.3) is 5.91 Å². The van der Waals surface area contributed by atoms with Gasteiger partial charge in [-0.25, -0.2) is 8.91 Å². The van der Waals surface area contributed by atoms with E-state index >= 15 is 0 Å². The zero-order valence-electron chi connectivity index (χ0n) is 18.3. The van der Waals surface area contributed by atoms with Gasteiger partial charge >= 0.3 is 0 Å². The van der Waals surface area contributed by atoms with Crippen LogP contribution in [0.1, 0.15) is 42.6 Å². The molecule has 9 nitrogen and oxygen atoms in total. The molecule has 1 saturated carbocycles. The first-order valence-electron chi connectivity index (χ1n) is 10.6. The number of alkyl halides is 1. The van der Waals surface area contributed by atoms with E-state index in [1.807, 2.05) is 12.1 Å². The lowest BCUT2D eigenvalue weighted by Crippen LogP contribution is -2.42. The Bertz CT molecular complexity index is 1240. The van der Waals surface area contributed by atoms with E-state index in [2.05, 4.69) is 26.8 Å². The number of anilines is 1. The fourth-order valence-electron chi connectivity index (χ4n) is 3.42. The number of fused-ring (bicyclic) bond motifs is 1. The Morgan fingerprint density at radius 1 is 1.36 bits per heavy atom. The number of hydrogen-bond donors (Lipinski definition) is 4. The summed E-state index contributed by atoms with van der Waals surface area (Å²) in [5.74, 6) is -0.547. The van der Waals surface area contributed by atoms with E-state index in [0.717, 1.165) is 18.4 Å². The lowest BCUT2D eigenvalue weighted by Gasteiger charge is -2.23. The van der Waals surface area contributed by atoms with Gasteiger partial charge in [0, 0.05) is 6.20 Å². The van der Waals surface area contributed by atoms with Crippen molar-refractivity contribution in [3.05, 3.63) is 47.8 Å². The van der Waals surface area contributed by atoms with E-state index in [9.17, 15) is 19.4 Å². The van der Waals surface area contributed by atoms with Crippen LogP contribution in [-0.2, 0) is 0 Å². The average Bonchev–Trinajstić information content (AvgIpc) is 3.44. The minimum Gasteiger partial charge on any atom is -0.394 e. The van der Waals surface area contributed by atoms with Gasteiger partial charge in [0.05, 0.1) is 64.2 Å². The van der Waals surface area contributed by atoms with Gasteiger partial charge in [-0.3, -0.25) is 9.78 Å². The molecule has 4 rings (SSSR count). The molecule has 0 aliphatic heterocycles. The van der Waals surface area contributed by atoms with Crippen molar-refractivity contribution < 1.29 is 19.4 Å². The van der Waals surface area contributed by atoms with Crippen molar-refractivity contribution in [3.63, 3.8) is 0 Å². The molecule has 1 atom stereocenters. The number of hydrogen-bond acceptors (Lipinski definition) is 7. The van der Waals surface area contributed by atoms with Crippen molar-refractivity contribution in [1.29, 1.82) is 5.26 Å². The number of pyridine rings is 1. The van der Waals surface area contributed by atoms with E-state index in [1.54, 1.807) is 16.6 Å². The predicted molar refractivity (Wildman–Crippen MR) is 119 cm³/mol. The summed E-state index contributed by atoms with van der Waals surface area (Å²) < 4.78 is 15.8. The first kappa shape index (κ1) is 22.6. The number of carbonyl (C=O) groups excluding carboxylic acids is 1. The van der Waals surface area contributed by atoms with E-state index in [-0.39, 0.29) is 18.7 Å². The third-order valence-corrected chi connectivity index (χ3v) is 5.80. The highest BCUT2D eigenvalue weighted by molar-refractivity contribution is 6.00. The lowest BCUT2D eigenvalue weighted by atomic mass is 10.0. The molecule has 0 unspecified atom stereocenters. The molecular weight excluding hydrogens is 427 g/mol. The summed E-state index contributed by atoms with van der Waals surface area (Å²) in [5.41, 5.74) is 0.893. The summed E-state index contributed by atoms with van der Waals surface area (Å²) in [4.78, 5) is 17.2. The van der Waals surface area contributed by atoms with Crippen molar-refractivity contribution in [2.75, 3.05) is 18.5 Å². The molecule has 33 heavy (non-hydrogen) atoms. The average molecular weight is 452 g/mol. The summed E-state index contributed by atoms with van der Waals surface area (Å²) in [5, 5.41) is 38.7. The Balaban J connectivity index is 1.67.